The quantitative estimate of drug-likeness (QED) is 0.620. The first-order valence-corrected chi connectivity index (χ1v) is 7.18. The standard InChI is InChI=1S/C15H18BrN3O/c1-11(2)8-19-15(20)13(7-17)10-18-9-12-4-3-5-14(16)6-12/h3-6,10-11,18H,8-9H2,1-2H3,(H,19,20)/b13-10-. The summed E-state index contributed by atoms with van der Waals surface area (Å²) in [6.45, 7) is 5.12. The van der Waals surface area contributed by atoms with E-state index < -0.39 is 0 Å². The third kappa shape index (κ3) is 5.89. The van der Waals surface area contributed by atoms with Gasteiger partial charge in [-0.3, -0.25) is 4.79 Å². The minimum Gasteiger partial charge on any atom is -0.386 e. The Balaban J connectivity index is 2.54. The number of nitrogens with one attached hydrogen (secondary N) is 2. The average molecular weight is 336 g/mol. The molecule has 4 nitrogen and oxygen atoms in total. The highest BCUT2D eigenvalue weighted by Crippen LogP contribution is 2.11. The lowest BCUT2D eigenvalue weighted by Crippen LogP contribution is -2.29. The molecule has 0 saturated carbocycles. The number of carbonyl (C=O) groups is 1. The maximum atomic E-state index is 11.7. The van der Waals surface area contributed by atoms with Crippen LogP contribution in [0, 0.1) is 17.2 Å². The molecule has 0 aliphatic rings. The van der Waals surface area contributed by atoms with Gasteiger partial charge in [-0.15, -0.1) is 0 Å². The van der Waals surface area contributed by atoms with Crippen LogP contribution in [-0.2, 0) is 11.3 Å². The summed E-state index contributed by atoms with van der Waals surface area (Å²) in [6.07, 6.45) is 1.45. The molecule has 0 saturated heterocycles. The van der Waals surface area contributed by atoms with Crippen molar-refractivity contribution in [2.45, 2.75) is 20.4 Å². The van der Waals surface area contributed by atoms with Gasteiger partial charge in [-0.1, -0.05) is 41.9 Å². The number of nitriles is 1. The summed E-state index contributed by atoms with van der Waals surface area (Å²) >= 11 is 3.39. The van der Waals surface area contributed by atoms with E-state index in [1.165, 1.54) is 6.20 Å². The maximum absolute atomic E-state index is 11.7. The molecule has 0 unspecified atom stereocenters. The lowest BCUT2D eigenvalue weighted by molar-refractivity contribution is -0.117. The van der Waals surface area contributed by atoms with E-state index in [1.807, 2.05) is 44.2 Å². The van der Waals surface area contributed by atoms with Crippen LogP contribution in [0.4, 0.5) is 0 Å². The molecular formula is C15H18BrN3O. The fraction of sp³-hybridized carbons (Fsp3) is 0.333. The Morgan fingerprint density at radius 1 is 1.50 bits per heavy atom. The van der Waals surface area contributed by atoms with Crippen molar-refractivity contribution in [3.63, 3.8) is 0 Å². The Morgan fingerprint density at radius 2 is 2.25 bits per heavy atom. The second-order valence-electron chi connectivity index (χ2n) is 4.78. The lowest BCUT2D eigenvalue weighted by atomic mass is 10.2. The normalized spacial score (nSPS) is 11.1. The number of benzene rings is 1. The van der Waals surface area contributed by atoms with Crippen LogP contribution >= 0.6 is 15.9 Å². The molecular weight excluding hydrogens is 318 g/mol. The lowest BCUT2D eigenvalue weighted by Gasteiger charge is -2.07. The van der Waals surface area contributed by atoms with Crippen molar-refractivity contribution in [3.8, 4) is 6.07 Å². The van der Waals surface area contributed by atoms with Crippen molar-refractivity contribution >= 4 is 21.8 Å². The molecule has 0 heterocycles. The number of nitrogens with zero attached hydrogens (tertiary/aromatic N) is 1. The van der Waals surface area contributed by atoms with Gasteiger partial charge in [0.15, 0.2) is 0 Å². The molecule has 0 aliphatic carbocycles. The van der Waals surface area contributed by atoms with Crippen molar-refractivity contribution < 1.29 is 4.79 Å². The van der Waals surface area contributed by atoms with E-state index >= 15 is 0 Å². The third-order valence-corrected chi connectivity index (χ3v) is 2.97. The number of halogens is 1. The number of amides is 1. The topological polar surface area (TPSA) is 64.9 Å². The highest BCUT2D eigenvalue weighted by molar-refractivity contribution is 9.10. The van der Waals surface area contributed by atoms with Crippen LogP contribution in [0.25, 0.3) is 0 Å². The molecule has 0 aromatic heterocycles. The van der Waals surface area contributed by atoms with Crippen molar-refractivity contribution in [2.24, 2.45) is 5.92 Å². The molecule has 5 heteroatoms. The molecule has 0 fully saturated rings. The highest BCUT2D eigenvalue weighted by atomic mass is 79.9. The Kier molecular flexibility index (Phi) is 6.82. The Bertz CT molecular complexity index is 532. The maximum Gasteiger partial charge on any atom is 0.263 e. The zero-order valence-corrected chi connectivity index (χ0v) is 13.2. The van der Waals surface area contributed by atoms with Crippen LogP contribution in [-0.4, -0.2) is 12.5 Å². The molecule has 0 atom stereocenters. The van der Waals surface area contributed by atoms with E-state index in [0.29, 0.717) is 19.0 Å². The molecule has 0 bridgehead atoms. The van der Waals surface area contributed by atoms with Gasteiger partial charge in [0.05, 0.1) is 0 Å². The summed E-state index contributed by atoms with van der Waals surface area (Å²) in [4.78, 5) is 11.7. The van der Waals surface area contributed by atoms with Gasteiger partial charge in [-0.25, -0.2) is 0 Å². The number of carbonyl (C=O) groups excluding carboxylic acids is 1. The van der Waals surface area contributed by atoms with Crippen LogP contribution in [0.3, 0.4) is 0 Å². The SMILES string of the molecule is CC(C)CNC(=O)/C(C#N)=C\NCc1cccc(Br)c1. The summed E-state index contributed by atoms with van der Waals surface area (Å²) in [5.74, 6) is 0.0106. The predicted octanol–water partition coefficient (Wildman–Crippen LogP) is 2.72. The first-order valence-electron chi connectivity index (χ1n) is 6.39. The van der Waals surface area contributed by atoms with Gasteiger partial charge in [0.25, 0.3) is 5.91 Å². The van der Waals surface area contributed by atoms with Gasteiger partial charge < -0.3 is 10.6 Å². The summed E-state index contributed by atoms with van der Waals surface area (Å²) in [5, 5.41) is 14.7. The van der Waals surface area contributed by atoms with E-state index in [9.17, 15) is 4.79 Å². The zero-order valence-electron chi connectivity index (χ0n) is 11.6. The van der Waals surface area contributed by atoms with Crippen LogP contribution in [0.5, 0.6) is 0 Å². The van der Waals surface area contributed by atoms with Gasteiger partial charge >= 0.3 is 0 Å². The molecule has 1 aromatic rings. The van der Waals surface area contributed by atoms with Gasteiger partial charge in [0.2, 0.25) is 0 Å². The summed E-state index contributed by atoms with van der Waals surface area (Å²) in [7, 11) is 0. The number of hydrogen-bond donors (Lipinski definition) is 2. The summed E-state index contributed by atoms with van der Waals surface area (Å²) in [6, 6.07) is 9.73. The Morgan fingerprint density at radius 3 is 2.85 bits per heavy atom. The van der Waals surface area contributed by atoms with Crippen molar-refractivity contribution in [2.75, 3.05) is 6.54 Å². The average Bonchev–Trinajstić information content (AvgIpc) is 2.41. The van der Waals surface area contributed by atoms with Gasteiger partial charge in [0, 0.05) is 23.8 Å². The number of hydrogen-bond acceptors (Lipinski definition) is 3. The van der Waals surface area contributed by atoms with E-state index in [4.69, 9.17) is 5.26 Å². The molecule has 1 amide bonds. The summed E-state index contributed by atoms with van der Waals surface area (Å²) < 4.78 is 0.996. The molecule has 1 rings (SSSR count). The highest BCUT2D eigenvalue weighted by Gasteiger charge is 2.08. The van der Waals surface area contributed by atoms with E-state index in [1.54, 1.807) is 0 Å². The first-order chi connectivity index (χ1) is 9.52. The molecule has 2 N–H and O–H groups in total. The van der Waals surface area contributed by atoms with Crippen LogP contribution in [0.2, 0.25) is 0 Å². The molecule has 0 aliphatic heterocycles. The van der Waals surface area contributed by atoms with E-state index in [0.717, 1.165) is 10.0 Å². The van der Waals surface area contributed by atoms with Crippen molar-refractivity contribution in [3.05, 3.63) is 46.1 Å². The van der Waals surface area contributed by atoms with Crippen LogP contribution in [0.15, 0.2) is 40.5 Å². The van der Waals surface area contributed by atoms with Crippen molar-refractivity contribution in [1.29, 1.82) is 5.26 Å². The first kappa shape index (κ1) is 16.3. The van der Waals surface area contributed by atoms with Gasteiger partial charge in [-0.2, -0.15) is 5.26 Å². The minimum absolute atomic E-state index is 0.0839. The van der Waals surface area contributed by atoms with Gasteiger partial charge in [0.1, 0.15) is 11.6 Å². The molecule has 106 valence electrons. The Labute approximate surface area is 128 Å². The molecule has 0 radical (unpaired) electrons. The molecule has 1 aromatic carbocycles. The fourth-order valence-electron chi connectivity index (χ4n) is 1.46. The second-order valence-corrected chi connectivity index (χ2v) is 5.70. The smallest absolute Gasteiger partial charge is 0.263 e. The van der Waals surface area contributed by atoms with Crippen LogP contribution in [0.1, 0.15) is 19.4 Å². The molecule has 20 heavy (non-hydrogen) atoms. The van der Waals surface area contributed by atoms with Crippen molar-refractivity contribution in [1.82, 2.24) is 10.6 Å². The van der Waals surface area contributed by atoms with E-state index in [2.05, 4.69) is 26.6 Å². The van der Waals surface area contributed by atoms with Crippen LogP contribution < -0.4 is 10.6 Å². The minimum atomic E-state index is -0.344. The monoisotopic (exact) mass is 335 g/mol. The van der Waals surface area contributed by atoms with Gasteiger partial charge in [-0.05, 0) is 23.6 Å². The molecule has 0 spiro atoms. The predicted molar refractivity (Wildman–Crippen MR) is 82.5 cm³/mol. The number of rotatable bonds is 6. The second kappa shape index (κ2) is 8.39. The largest absolute Gasteiger partial charge is 0.386 e. The Hall–Kier alpha value is -1.80. The zero-order chi connectivity index (χ0) is 15.0. The van der Waals surface area contributed by atoms with E-state index in [-0.39, 0.29) is 11.5 Å². The summed E-state index contributed by atoms with van der Waals surface area (Å²) in [5.41, 5.74) is 1.15. The fourth-order valence-corrected chi connectivity index (χ4v) is 1.91. The third-order valence-electron chi connectivity index (χ3n) is 2.48.